The highest BCUT2D eigenvalue weighted by atomic mass is 19.2. The van der Waals surface area contributed by atoms with Gasteiger partial charge in [0.1, 0.15) is 0 Å². The number of hydrogen-bond donors (Lipinski definition) is 1. The Morgan fingerprint density at radius 1 is 1.20 bits per heavy atom. The van der Waals surface area contributed by atoms with Crippen LogP contribution in [-0.2, 0) is 0 Å². The quantitative estimate of drug-likeness (QED) is 0.899. The number of likely N-dealkylation sites (N-methyl/N-ethyl adjacent to an activating group) is 2. The molecule has 1 N–H and O–H groups in total. The van der Waals surface area contributed by atoms with E-state index in [1.807, 2.05) is 19.0 Å². The Bertz CT molecular complexity index is 481. The fraction of sp³-hybridized carbons (Fsp3) is 0.600. The highest BCUT2D eigenvalue weighted by Crippen LogP contribution is 2.27. The molecule has 2 rings (SSSR count). The summed E-state index contributed by atoms with van der Waals surface area (Å²) >= 11 is 0. The molecule has 1 aliphatic rings. The SMILES string of the molecule is Cc1ccc(C(O)C2CN(C)CCCN2C)c(F)c1F. The first-order valence-corrected chi connectivity index (χ1v) is 6.93. The van der Waals surface area contributed by atoms with E-state index >= 15 is 0 Å². The number of aryl methyl sites for hydroxylation is 1. The molecular weight excluding hydrogens is 262 g/mol. The number of aliphatic hydroxyl groups excluding tert-OH is 1. The number of nitrogens with zero attached hydrogens (tertiary/aromatic N) is 2. The molecule has 1 aliphatic heterocycles. The topological polar surface area (TPSA) is 26.7 Å². The van der Waals surface area contributed by atoms with Crippen LogP contribution >= 0.6 is 0 Å². The van der Waals surface area contributed by atoms with E-state index < -0.39 is 17.7 Å². The lowest BCUT2D eigenvalue weighted by molar-refractivity contribution is 0.0543. The molecule has 0 bridgehead atoms. The lowest BCUT2D eigenvalue weighted by Crippen LogP contribution is -2.42. The molecule has 5 heteroatoms. The van der Waals surface area contributed by atoms with Crippen LogP contribution in [0.4, 0.5) is 8.78 Å². The van der Waals surface area contributed by atoms with Gasteiger partial charge in [0.05, 0.1) is 12.1 Å². The molecule has 1 heterocycles. The van der Waals surface area contributed by atoms with Crippen LogP contribution in [0, 0.1) is 18.6 Å². The summed E-state index contributed by atoms with van der Waals surface area (Å²) in [5, 5.41) is 10.5. The standard InChI is InChI=1S/C15H22F2N2O/c1-10-5-6-11(14(17)13(10)16)15(20)12-9-18(2)7-4-8-19(12)3/h5-6,12,15,20H,4,7-9H2,1-3H3. The van der Waals surface area contributed by atoms with Crippen molar-refractivity contribution >= 4 is 0 Å². The van der Waals surface area contributed by atoms with E-state index in [-0.39, 0.29) is 17.2 Å². The molecule has 1 fully saturated rings. The van der Waals surface area contributed by atoms with E-state index in [0.717, 1.165) is 19.5 Å². The molecule has 112 valence electrons. The average molecular weight is 284 g/mol. The summed E-state index contributed by atoms with van der Waals surface area (Å²) < 4.78 is 27.7. The van der Waals surface area contributed by atoms with Gasteiger partial charge in [-0.15, -0.1) is 0 Å². The predicted molar refractivity (Wildman–Crippen MR) is 74.6 cm³/mol. The molecule has 20 heavy (non-hydrogen) atoms. The first kappa shape index (κ1) is 15.4. The average Bonchev–Trinajstić information content (AvgIpc) is 2.57. The van der Waals surface area contributed by atoms with Crippen molar-refractivity contribution in [2.45, 2.75) is 25.5 Å². The van der Waals surface area contributed by atoms with Gasteiger partial charge in [-0.25, -0.2) is 8.78 Å². The Balaban J connectivity index is 2.29. The van der Waals surface area contributed by atoms with E-state index in [1.165, 1.54) is 19.1 Å². The van der Waals surface area contributed by atoms with Crippen molar-refractivity contribution in [1.82, 2.24) is 9.80 Å². The van der Waals surface area contributed by atoms with Gasteiger partial charge in [0, 0.05) is 12.1 Å². The lowest BCUT2D eigenvalue weighted by atomic mass is 9.99. The van der Waals surface area contributed by atoms with Gasteiger partial charge in [0.2, 0.25) is 0 Å². The fourth-order valence-corrected chi connectivity index (χ4v) is 2.74. The normalized spacial score (nSPS) is 23.6. The second kappa shape index (κ2) is 6.16. The summed E-state index contributed by atoms with van der Waals surface area (Å²) in [6.07, 6.45) is -0.0309. The number of rotatable bonds is 2. The molecule has 0 amide bonds. The molecule has 0 saturated carbocycles. The molecule has 1 aromatic rings. The molecule has 2 unspecified atom stereocenters. The zero-order chi connectivity index (χ0) is 14.9. The van der Waals surface area contributed by atoms with Crippen molar-refractivity contribution in [2.75, 3.05) is 33.7 Å². The predicted octanol–water partition coefficient (Wildman–Crippen LogP) is 1.94. The van der Waals surface area contributed by atoms with E-state index in [0.29, 0.717) is 6.54 Å². The first-order valence-electron chi connectivity index (χ1n) is 6.93. The summed E-state index contributed by atoms with van der Waals surface area (Å²) in [5.74, 6) is -1.80. The first-order chi connectivity index (χ1) is 9.41. The smallest absolute Gasteiger partial charge is 0.164 e. The Morgan fingerprint density at radius 3 is 2.60 bits per heavy atom. The second-order valence-electron chi connectivity index (χ2n) is 5.71. The van der Waals surface area contributed by atoms with Crippen LogP contribution in [0.2, 0.25) is 0 Å². The van der Waals surface area contributed by atoms with Crippen LogP contribution < -0.4 is 0 Å². The summed E-state index contributed by atoms with van der Waals surface area (Å²) in [5.41, 5.74) is 0.296. The molecular formula is C15H22F2N2O. The van der Waals surface area contributed by atoms with Crippen molar-refractivity contribution in [2.24, 2.45) is 0 Å². The summed E-state index contributed by atoms with van der Waals surface area (Å²) in [7, 11) is 3.89. The monoisotopic (exact) mass is 284 g/mol. The van der Waals surface area contributed by atoms with Crippen LogP contribution in [0.1, 0.15) is 23.7 Å². The van der Waals surface area contributed by atoms with Gasteiger partial charge in [0.15, 0.2) is 11.6 Å². The van der Waals surface area contributed by atoms with Gasteiger partial charge in [-0.1, -0.05) is 12.1 Å². The third-order valence-corrected chi connectivity index (χ3v) is 4.10. The van der Waals surface area contributed by atoms with Gasteiger partial charge >= 0.3 is 0 Å². The van der Waals surface area contributed by atoms with E-state index in [4.69, 9.17) is 0 Å². The van der Waals surface area contributed by atoms with Crippen LogP contribution in [0.25, 0.3) is 0 Å². The maximum atomic E-state index is 14.0. The van der Waals surface area contributed by atoms with Crippen molar-refractivity contribution in [3.63, 3.8) is 0 Å². The summed E-state index contributed by atoms with van der Waals surface area (Å²) in [6, 6.07) is 2.76. The molecule has 0 radical (unpaired) electrons. The second-order valence-corrected chi connectivity index (χ2v) is 5.71. The number of benzene rings is 1. The van der Waals surface area contributed by atoms with Gasteiger partial charge in [0.25, 0.3) is 0 Å². The molecule has 0 spiro atoms. The molecule has 0 aliphatic carbocycles. The van der Waals surface area contributed by atoms with Gasteiger partial charge in [-0.2, -0.15) is 0 Å². The van der Waals surface area contributed by atoms with Crippen molar-refractivity contribution in [1.29, 1.82) is 0 Å². The molecule has 2 atom stereocenters. The maximum absolute atomic E-state index is 14.0. The third kappa shape index (κ3) is 3.00. The number of halogens is 2. The minimum absolute atomic E-state index is 0.0419. The van der Waals surface area contributed by atoms with Crippen LogP contribution in [-0.4, -0.2) is 54.7 Å². The Morgan fingerprint density at radius 2 is 1.90 bits per heavy atom. The van der Waals surface area contributed by atoms with Crippen LogP contribution in [0.5, 0.6) is 0 Å². The van der Waals surface area contributed by atoms with Gasteiger partial charge in [-0.3, -0.25) is 4.90 Å². The number of aliphatic hydroxyl groups is 1. The lowest BCUT2D eigenvalue weighted by Gasteiger charge is -2.32. The molecule has 1 saturated heterocycles. The third-order valence-electron chi connectivity index (χ3n) is 4.10. The highest BCUT2D eigenvalue weighted by Gasteiger charge is 2.30. The summed E-state index contributed by atoms with van der Waals surface area (Å²) in [6.45, 7) is 3.92. The van der Waals surface area contributed by atoms with E-state index in [2.05, 4.69) is 4.90 Å². The highest BCUT2D eigenvalue weighted by molar-refractivity contribution is 5.28. The Labute approximate surface area is 118 Å². The van der Waals surface area contributed by atoms with Crippen molar-refractivity contribution < 1.29 is 13.9 Å². The largest absolute Gasteiger partial charge is 0.387 e. The minimum Gasteiger partial charge on any atom is -0.387 e. The Kier molecular flexibility index (Phi) is 4.73. The van der Waals surface area contributed by atoms with Crippen LogP contribution in [0.3, 0.4) is 0 Å². The summed E-state index contributed by atoms with van der Waals surface area (Å²) in [4.78, 5) is 4.13. The fourth-order valence-electron chi connectivity index (χ4n) is 2.74. The maximum Gasteiger partial charge on any atom is 0.164 e. The van der Waals surface area contributed by atoms with Crippen molar-refractivity contribution in [3.8, 4) is 0 Å². The zero-order valence-corrected chi connectivity index (χ0v) is 12.2. The number of hydrogen-bond acceptors (Lipinski definition) is 3. The minimum atomic E-state index is -1.03. The van der Waals surface area contributed by atoms with Gasteiger partial charge < -0.3 is 10.0 Å². The van der Waals surface area contributed by atoms with E-state index in [1.54, 1.807) is 0 Å². The van der Waals surface area contributed by atoms with Crippen LogP contribution in [0.15, 0.2) is 12.1 Å². The Hall–Kier alpha value is -1.04. The van der Waals surface area contributed by atoms with Crippen molar-refractivity contribution in [3.05, 3.63) is 34.9 Å². The molecule has 0 aromatic heterocycles. The zero-order valence-electron chi connectivity index (χ0n) is 12.2. The van der Waals surface area contributed by atoms with Gasteiger partial charge in [-0.05, 0) is 46.1 Å². The van der Waals surface area contributed by atoms with E-state index in [9.17, 15) is 13.9 Å². The molecule has 1 aromatic carbocycles. The molecule has 3 nitrogen and oxygen atoms in total.